The third-order valence-corrected chi connectivity index (χ3v) is 2.27. The maximum absolute atomic E-state index is 10.4. The van der Waals surface area contributed by atoms with Crippen LogP contribution in [0.3, 0.4) is 0 Å². The van der Waals surface area contributed by atoms with E-state index in [1.807, 2.05) is 0 Å². The lowest BCUT2D eigenvalue weighted by atomic mass is 10.0. The van der Waals surface area contributed by atoms with Crippen LogP contribution in [0, 0.1) is 5.92 Å². The maximum Gasteiger partial charge on any atom is 0.149 e. The van der Waals surface area contributed by atoms with Gasteiger partial charge in [-0.05, 0) is 18.8 Å². The zero-order chi connectivity index (χ0) is 7.40. The van der Waals surface area contributed by atoms with Gasteiger partial charge in [0.1, 0.15) is 12.4 Å². The van der Waals surface area contributed by atoms with E-state index >= 15 is 0 Å². The van der Waals surface area contributed by atoms with Crippen LogP contribution in [0.4, 0.5) is 0 Å². The Morgan fingerprint density at radius 2 is 2.10 bits per heavy atom. The largest absolute Gasteiger partial charge is 0.374 e. The summed E-state index contributed by atoms with van der Waals surface area (Å²) in [6.07, 6.45) is 5.64. The third kappa shape index (κ3) is 1.57. The van der Waals surface area contributed by atoms with Crippen LogP contribution in [0.1, 0.15) is 25.7 Å². The molecule has 2 heteroatoms. The van der Waals surface area contributed by atoms with Gasteiger partial charge < -0.3 is 9.53 Å². The van der Waals surface area contributed by atoms with E-state index < -0.39 is 0 Å². The van der Waals surface area contributed by atoms with E-state index in [4.69, 9.17) is 4.74 Å². The molecule has 58 valence electrons. The summed E-state index contributed by atoms with van der Waals surface area (Å²) in [6.45, 7) is 0. The normalized spacial score (nSPS) is 22.9. The second kappa shape index (κ2) is 3.71. The lowest BCUT2D eigenvalue weighted by Gasteiger charge is -2.14. The van der Waals surface area contributed by atoms with E-state index in [2.05, 4.69) is 0 Å². The highest BCUT2D eigenvalue weighted by molar-refractivity contribution is 5.56. The second-order valence-electron chi connectivity index (χ2n) is 2.88. The molecule has 0 aromatic rings. The van der Waals surface area contributed by atoms with Crippen LogP contribution in [-0.4, -0.2) is 19.5 Å². The average Bonchev–Trinajstić information content (AvgIpc) is 2.43. The first-order valence-electron chi connectivity index (χ1n) is 3.86. The molecule has 0 aromatic carbocycles. The molecular formula is C8H14O2. The minimum atomic E-state index is -0.137. The van der Waals surface area contributed by atoms with E-state index in [1.54, 1.807) is 7.11 Å². The van der Waals surface area contributed by atoms with E-state index in [0.29, 0.717) is 5.92 Å². The molecule has 0 bridgehead atoms. The summed E-state index contributed by atoms with van der Waals surface area (Å²) >= 11 is 0. The average molecular weight is 142 g/mol. The molecule has 0 saturated heterocycles. The van der Waals surface area contributed by atoms with Gasteiger partial charge >= 0.3 is 0 Å². The maximum atomic E-state index is 10.4. The van der Waals surface area contributed by atoms with Crippen molar-refractivity contribution in [2.45, 2.75) is 31.8 Å². The lowest BCUT2D eigenvalue weighted by molar-refractivity contribution is -0.119. The summed E-state index contributed by atoms with van der Waals surface area (Å²) in [7, 11) is 1.61. The Bertz CT molecular complexity index is 106. The highest BCUT2D eigenvalue weighted by atomic mass is 16.5. The number of carbonyl (C=O) groups excluding carboxylic acids is 1. The predicted molar refractivity (Wildman–Crippen MR) is 38.8 cm³/mol. The molecule has 1 atom stereocenters. The number of carbonyl (C=O) groups is 1. The zero-order valence-corrected chi connectivity index (χ0v) is 6.38. The fourth-order valence-corrected chi connectivity index (χ4v) is 1.65. The molecule has 2 nitrogen and oxygen atoms in total. The molecule has 10 heavy (non-hydrogen) atoms. The standard InChI is InChI=1S/C8H14O2/c1-10-8(6-9)7-4-2-3-5-7/h6-8H,2-5H2,1H3/t8-/m0/s1. The highest BCUT2D eigenvalue weighted by Gasteiger charge is 2.23. The van der Waals surface area contributed by atoms with Gasteiger partial charge in [-0.1, -0.05) is 12.8 Å². The van der Waals surface area contributed by atoms with Gasteiger partial charge in [0.25, 0.3) is 0 Å². The van der Waals surface area contributed by atoms with Crippen molar-refractivity contribution in [3.63, 3.8) is 0 Å². The van der Waals surface area contributed by atoms with Gasteiger partial charge in [-0.2, -0.15) is 0 Å². The predicted octanol–water partition coefficient (Wildman–Crippen LogP) is 1.39. The van der Waals surface area contributed by atoms with Gasteiger partial charge in [-0.25, -0.2) is 0 Å². The van der Waals surface area contributed by atoms with Crippen molar-refractivity contribution in [1.29, 1.82) is 0 Å². The summed E-state index contributed by atoms with van der Waals surface area (Å²) in [5.74, 6) is 0.502. The van der Waals surface area contributed by atoms with Crippen molar-refractivity contribution in [2.75, 3.05) is 7.11 Å². The molecule has 0 N–H and O–H groups in total. The first-order chi connectivity index (χ1) is 4.88. The molecular weight excluding hydrogens is 128 g/mol. The minimum absolute atomic E-state index is 0.137. The molecule has 1 rings (SSSR count). The van der Waals surface area contributed by atoms with Crippen LogP contribution in [0.15, 0.2) is 0 Å². The number of methoxy groups -OCH3 is 1. The van der Waals surface area contributed by atoms with E-state index in [9.17, 15) is 4.79 Å². The summed E-state index contributed by atoms with van der Waals surface area (Å²) in [5.41, 5.74) is 0. The molecule has 0 heterocycles. The lowest BCUT2D eigenvalue weighted by Crippen LogP contribution is -2.21. The van der Waals surface area contributed by atoms with Crippen LogP contribution in [0.25, 0.3) is 0 Å². The fourth-order valence-electron chi connectivity index (χ4n) is 1.65. The number of hydrogen-bond donors (Lipinski definition) is 0. The molecule has 0 amide bonds. The van der Waals surface area contributed by atoms with Crippen LogP contribution in [0.5, 0.6) is 0 Å². The molecule has 1 aliphatic rings. The smallest absolute Gasteiger partial charge is 0.149 e. The van der Waals surface area contributed by atoms with E-state index in [0.717, 1.165) is 19.1 Å². The Kier molecular flexibility index (Phi) is 2.87. The van der Waals surface area contributed by atoms with Gasteiger partial charge in [0.2, 0.25) is 0 Å². The SMILES string of the molecule is CO[C@@H](C=O)C1CCCC1. The monoisotopic (exact) mass is 142 g/mol. The summed E-state index contributed by atoms with van der Waals surface area (Å²) in [4.78, 5) is 10.4. The van der Waals surface area contributed by atoms with Crippen molar-refractivity contribution in [2.24, 2.45) is 5.92 Å². The Hall–Kier alpha value is -0.370. The molecule has 0 unspecified atom stereocenters. The Morgan fingerprint density at radius 3 is 2.50 bits per heavy atom. The minimum Gasteiger partial charge on any atom is -0.374 e. The molecule has 1 aliphatic carbocycles. The molecule has 1 fully saturated rings. The van der Waals surface area contributed by atoms with Crippen LogP contribution in [-0.2, 0) is 9.53 Å². The van der Waals surface area contributed by atoms with Crippen molar-refractivity contribution in [1.82, 2.24) is 0 Å². The molecule has 0 spiro atoms. The number of ether oxygens (including phenoxy) is 1. The van der Waals surface area contributed by atoms with Gasteiger partial charge in [-0.3, -0.25) is 0 Å². The topological polar surface area (TPSA) is 26.3 Å². The van der Waals surface area contributed by atoms with E-state index in [1.165, 1.54) is 12.8 Å². The molecule has 0 aromatic heterocycles. The second-order valence-corrected chi connectivity index (χ2v) is 2.88. The van der Waals surface area contributed by atoms with E-state index in [-0.39, 0.29) is 6.10 Å². The first kappa shape index (κ1) is 7.73. The number of aldehydes is 1. The van der Waals surface area contributed by atoms with Gasteiger partial charge in [0.05, 0.1) is 0 Å². The van der Waals surface area contributed by atoms with Gasteiger partial charge in [0, 0.05) is 7.11 Å². The molecule has 0 radical (unpaired) electrons. The van der Waals surface area contributed by atoms with Crippen molar-refractivity contribution >= 4 is 6.29 Å². The highest BCUT2D eigenvalue weighted by Crippen LogP contribution is 2.27. The Morgan fingerprint density at radius 1 is 1.50 bits per heavy atom. The Balaban J connectivity index is 2.36. The van der Waals surface area contributed by atoms with Crippen LogP contribution >= 0.6 is 0 Å². The quantitative estimate of drug-likeness (QED) is 0.556. The molecule has 0 aliphatic heterocycles. The summed E-state index contributed by atoms with van der Waals surface area (Å²) in [5, 5.41) is 0. The van der Waals surface area contributed by atoms with Crippen LogP contribution in [0.2, 0.25) is 0 Å². The van der Waals surface area contributed by atoms with Crippen molar-refractivity contribution < 1.29 is 9.53 Å². The van der Waals surface area contributed by atoms with Gasteiger partial charge in [0.15, 0.2) is 0 Å². The Labute approximate surface area is 61.6 Å². The number of hydrogen-bond acceptors (Lipinski definition) is 2. The van der Waals surface area contributed by atoms with Crippen LogP contribution < -0.4 is 0 Å². The third-order valence-electron chi connectivity index (χ3n) is 2.27. The summed E-state index contributed by atoms with van der Waals surface area (Å²) in [6, 6.07) is 0. The number of rotatable bonds is 3. The van der Waals surface area contributed by atoms with Crippen molar-refractivity contribution in [3.05, 3.63) is 0 Å². The summed E-state index contributed by atoms with van der Waals surface area (Å²) < 4.78 is 5.02. The van der Waals surface area contributed by atoms with Gasteiger partial charge in [-0.15, -0.1) is 0 Å². The fraction of sp³-hybridized carbons (Fsp3) is 0.875. The van der Waals surface area contributed by atoms with Crippen molar-refractivity contribution in [3.8, 4) is 0 Å². The first-order valence-corrected chi connectivity index (χ1v) is 3.86. The zero-order valence-electron chi connectivity index (χ0n) is 6.38. The molecule has 1 saturated carbocycles.